The van der Waals surface area contributed by atoms with Gasteiger partial charge in [-0.3, -0.25) is 0 Å². The number of fused-ring (bicyclic) bond motifs is 18. The highest BCUT2D eigenvalue weighted by Gasteiger charge is 2.49. The van der Waals surface area contributed by atoms with Crippen LogP contribution in [0.4, 0.5) is 11.4 Å². The summed E-state index contributed by atoms with van der Waals surface area (Å²) in [5.41, 5.74) is 22.2. The first-order chi connectivity index (χ1) is 31.8. The Kier molecular flexibility index (Phi) is 7.43. The predicted molar refractivity (Wildman–Crippen MR) is 283 cm³/mol. The maximum atomic E-state index is 7.36. The van der Waals surface area contributed by atoms with Crippen molar-refractivity contribution in [2.24, 2.45) is 0 Å². The Bertz CT molecular complexity index is 3920. The minimum atomic E-state index is -0.182. The highest BCUT2D eigenvalue weighted by molar-refractivity contribution is 7.32. The highest BCUT2D eigenvalue weighted by Crippen LogP contribution is 2.57. The fourth-order valence-corrected chi connectivity index (χ4v) is 13.5. The van der Waals surface area contributed by atoms with E-state index in [1.54, 1.807) is 0 Å². The van der Waals surface area contributed by atoms with E-state index in [-0.39, 0.29) is 23.1 Å². The van der Waals surface area contributed by atoms with E-state index in [0.29, 0.717) is 0 Å². The molecule has 11 aromatic rings. The highest BCUT2D eigenvalue weighted by atomic mass is 32.1. The Morgan fingerprint density at radius 2 is 1.30 bits per heavy atom. The Labute approximate surface area is 390 Å². The number of thiophene rings is 1. The molecule has 8 aromatic carbocycles. The fraction of sp³-hybridized carbons (Fsp3) is 0.180. The minimum absolute atomic E-state index is 0.0207. The van der Waals surface area contributed by atoms with E-state index in [0.717, 1.165) is 16.6 Å². The van der Waals surface area contributed by atoms with Crippen LogP contribution in [0, 0.1) is 0 Å². The molecule has 5 heteroatoms. The lowest BCUT2D eigenvalue weighted by molar-refractivity contribution is 0.590. The molecular formula is C61H49BN2OS. The number of nitrogens with zero attached hydrogens (tertiary/aromatic N) is 2. The van der Waals surface area contributed by atoms with Crippen molar-refractivity contribution in [1.29, 1.82) is 0 Å². The van der Waals surface area contributed by atoms with Gasteiger partial charge < -0.3 is 13.8 Å². The molecule has 0 unspecified atom stereocenters. The second-order valence-electron chi connectivity index (χ2n) is 21.7. The molecule has 318 valence electrons. The summed E-state index contributed by atoms with van der Waals surface area (Å²) < 4.78 is 12.7. The summed E-state index contributed by atoms with van der Waals surface area (Å²) in [6.07, 6.45) is 0. The Morgan fingerprint density at radius 3 is 2.09 bits per heavy atom. The molecule has 0 spiro atoms. The topological polar surface area (TPSA) is 21.3 Å². The van der Waals surface area contributed by atoms with Gasteiger partial charge in [-0.25, -0.2) is 0 Å². The molecule has 0 saturated heterocycles. The molecule has 0 saturated carbocycles. The number of anilines is 2. The summed E-state index contributed by atoms with van der Waals surface area (Å²) in [5, 5.41) is 6.22. The molecule has 3 aromatic heterocycles. The summed E-state index contributed by atoms with van der Waals surface area (Å²) in [6, 6.07) is 57.7. The summed E-state index contributed by atoms with van der Waals surface area (Å²) in [6.45, 7) is 18.6. The van der Waals surface area contributed by atoms with Crippen LogP contribution in [0.5, 0.6) is 0 Å². The molecule has 3 nitrogen and oxygen atoms in total. The molecule has 1 aliphatic carbocycles. The predicted octanol–water partition coefficient (Wildman–Crippen LogP) is 15.7. The van der Waals surface area contributed by atoms with E-state index < -0.39 is 0 Å². The summed E-state index contributed by atoms with van der Waals surface area (Å²) in [4.78, 5) is 2.71. The van der Waals surface area contributed by atoms with Gasteiger partial charge in [0, 0.05) is 64.3 Å². The first-order valence-corrected chi connectivity index (χ1v) is 24.4. The van der Waals surface area contributed by atoms with Crippen LogP contribution >= 0.6 is 11.3 Å². The first-order valence-electron chi connectivity index (χ1n) is 23.5. The number of para-hydroxylation sites is 1. The van der Waals surface area contributed by atoms with Crippen molar-refractivity contribution in [3.63, 3.8) is 0 Å². The lowest BCUT2D eigenvalue weighted by atomic mass is 9.47. The van der Waals surface area contributed by atoms with E-state index in [9.17, 15) is 0 Å². The Balaban J connectivity index is 1.21. The molecule has 0 atom stereocenters. The molecule has 0 radical (unpaired) electrons. The summed E-state index contributed by atoms with van der Waals surface area (Å²) in [5.74, 6) is 0. The molecule has 0 N–H and O–H groups in total. The molecule has 14 rings (SSSR count). The molecule has 0 bridgehead atoms. The van der Waals surface area contributed by atoms with Crippen molar-refractivity contribution in [3.8, 4) is 39.1 Å². The van der Waals surface area contributed by atoms with Crippen LogP contribution in [-0.4, -0.2) is 11.4 Å². The zero-order chi connectivity index (χ0) is 44.8. The minimum Gasteiger partial charge on any atom is -0.455 e. The lowest BCUT2D eigenvalue weighted by Gasteiger charge is -2.41. The van der Waals surface area contributed by atoms with E-state index in [2.05, 4.69) is 216 Å². The van der Waals surface area contributed by atoms with Gasteiger partial charge in [-0.1, -0.05) is 159 Å². The maximum absolute atomic E-state index is 7.36. The van der Waals surface area contributed by atoms with Gasteiger partial charge in [0.15, 0.2) is 0 Å². The quantitative estimate of drug-likeness (QED) is 0.161. The van der Waals surface area contributed by atoms with Gasteiger partial charge in [-0.2, -0.15) is 0 Å². The van der Waals surface area contributed by atoms with Crippen molar-refractivity contribution in [2.75, 3.05) is 4.81 Å². The molecule has 3 aliphatic rings. The van der Waals surface area contributed by atoms with E-state index >= 15 is 0 Å². The van der Waals surface area contributed by atoms with Crippen molar-refractivity contribution in [3.05, 3.63) is 174 Å². The average Bonchev–Trinajstić information content (AvgIpc) is 4.04. The third kappa shape index (κ3) is 4.94. The van der Waals surface area contributed by atoms with Gasteiger partial charge in [0.25, 0.3) is 0 Å². The SMILES string of the molecule is CC(C)(C)c1ccc(N2B3c4sc5cc(-c6ccccc6)ccc5c4-n4c5ccc(C(C)(C)C)cc5c5c6c(oc7ccccc76)c(c3c54)-c3cc4c(cc32)-c2ccccc2C4(C)C)cc1. The fourth-order valence-electron chi connectivity index (χ4n) is 12.1. The smallest absolute Gasteiger partial charge is 0.343 e. The van der Waals surface area contributed by atoms with Crippen molar-refractivity contribution < 1.29 is 4.42 Å². The monoisotopic (exact) mass is 868 g/mol. The van der Waals surface area contributed by atoms with Crippen molar-refractivity contribution in [1.82, 2.24) is 4.57 Å². The maximum Gasteiger partial charge on any atom is 0.343 e. The van der Waals surface area contributed by atoms with Crippen LogP contribution in [-0.2, 0) is 16.2 Å². The third-order valence-corrected chi connectivity index (χ3v) is 16.7. The molecule has 66 heavy (non-hydrogen) atoms. The molecule has 2 aliphatic heterocycles. The van der Waals surface area contributed by atoms with Gasteiger partial charge >= 0.3 is 6.85 Å². The number of hydrogen-bond acceptors (Lipinski definition) is 3. The van der Waals surface area contributed by atoms with Crippen LogP contribution in [0.1, 0.15) is 77.6 Å². The third-order valence-electron chi connectivity index (χ3n) is 15.5. The number of hydrogen-bond donors (Lipinski definition) is 0. The van der Waals surface area contributed by atoms with Crippen LogP contribution in [0.3, 0.4) is 0 Å². The number of benzene rings is 8. The Morgan fingerprint density at radius 1 is 0.576 bits per heavy atom. The van der Waals surface area contributed by atoms with Crippen molar-refractivity contribution in [2.45, 2.75) is 71.6 Å². The number of aromatic nitrogens is 1. The van der Waals surface area contributed by atoms with Gasteiger partial charge in [0.05, 0.1) is 16.7 Å². The van der Waals surface area contributed by atoms with E-state index in [1.807, 2.05) is 11.3 Å². The second-order valence-corrected chi connectivity index (χ2v) is 22.8. The molecular weight excluding hydrogens is 820 g/mol. The zero-order valence-electron chi connectivity index (χ0n) is 38.7. The second kappa shape index (κ2) is 12.7. The Hall–Kier alpha value is -6.82. The van der Waals surface area contributed by atoms with E-state index in [1.165, 1.54) is 120 Å². The van der Waals surface area contributed by atoms with Gasteiger partial charge in [0.2, 0.25) is 0 Å². The standard InChI is InChI=1S/C61H49BN2OS/c1-59(2,3)36-23-26-38(27-24-36)64-48-33-42-39-18-12-14-20-45(39)61(7,8)46(42)32-44(48)53-54-56-51(52-40-19-13-15-21-49(40)65-57(52)53)43-31-37(60(4,5)6)25-29-47(43)63(56)55-41-28-22-35(34-16-10-9-11-17-34)30-50(41)66-58(55)62(54)64/h9-33H,1-8H3. The number of rotatable bonds is 2. The normalized spacial score (nSPS) is 14.7. The zero-order valence-corrected chi connectivity index (χ0v) is 39.5. The van der Waals surface area contributed by atoms with Crippen molar-refractivity contribution >= 4 is 93.6 Å². The summed E-state index contributed by atoms with van der Waals surface area (Å²) >= 11 is 1.96. The van der Waals surface area contributed by atoms with E-state index in [4.69, 9.17) is 4.42 Å². The lowest BCUT2D eigenvalue weighted by Crippen LogP contribution is -2.59. The number of furan rings is 1. The van der Waals surface area contributed by atoms with Crippen LogP contribution in [0.2, 0.25) is 0 Å². The van der Waals surface area contributed by atoms with Crippen LogP contribution in [0.25, 0.3) is 92.9 Å². The first kappa shape index (κ1) is 38.5. The van der Waals surface area contributed by atoms with Gasteiger partial charge in [-0.15, -0.1) is 11.3 Å². The van der Waals surface area contributed by atoms with Crippen LogP contribution < -0.4 is 15.1 Å². The average molecular weight is 869 g/mol. The molecule has 0 amide bonds. The summed E-state index contributed by atoms with van der Waals surface area (Å²) in [7, 11) is 0. The molecule has 5 heterocycles. The molecule has 0 fully saturated rings. The van der Waals surface area contributed by atoms with Gasteiger partial charge in [0.1, 0.15) is 11.2 Å². The van der Waals surface area contributed by atoms with Crippen LogP contribution in [0.15, 0.2) is 156 Å². The largest absolute Gasteiger partial charge is 0.455 e. The van der Waals surface area contributed by atoms with Gasteiger partial charge in [-0.05, 0) is 109 Å².